The predicted molar refractivity (Wildman–Crippen MR) is 367 cm³/mol. The summed E-state index contributed by atoms with van der Waals surface area (Å²) >= 11 is 0. The summed E-state index contributed by atoms with van der Waals surface area (Å²) < 4.78 is 23.5. The van der Waals surface area contributed by atoms with Gasteiger partial charge in [0.25, 0.3) is 7.82 Å². The van der Waals surface area contributed by atoms with Gasteiger partial charge in [-0.3, -0.25) is 9.36 Å². The Kier molecular flexibility index (Phi) is 64.7. The first-order chi connectivity index (χ1) is 41.0. The molecular formula is C75H145N2O6P. The van der Waals surface area contributed by atoms with Gasteiger partial charge in [0.1, 0.15) is 13.2 Å². The smallest absolute Gasteiger partial charge is 0.268 e. The molecule has 0 saturated heterocycles. The van der Waals surface area contributed by atoms with Crippen molar-refractivity contribution in [2.45, 2.75) is 386 Å². The predicted octanol–water partition coefficient (Wildman–Crippen LogP) is 23.2. The van der Waals surface area contributed by atoms with Crippen molar-refractivity contribution in [1.82, 2.24) is 5.32 Å². The zero-order valence-electron chi connectivity index (χ0n) is 56.9. The highest BCUT2D eigenvalue weighted by Gasteiger charge is 2.23. The Labute approximate surface area is 524 Å². The summed E-state index contributed by atoms with van der Waals surface area (Å²) in [7, 11) is 1.28. The Hall–Kier alpha value is -1.54. The molecule has 0 aromatic heterocycles. The number of nitrogens with one attached hydrogen (secondary N) is 1. The molecule has 2 N–H and O–H groups in total. The van der Waals surface area contributed by atoms with Crippen LogP contribution in [0.1, 0.15) is 373 Å². The molecule has 0 aliphatic heterocycles. The van der Waals surface area contributed by atoms with Gasteiger partial charge in [-0.1, -0.05) is 358 Å². The van der Waals surface area contributed by atoms with Crippen LogP contribution in [-0.2, 0) is 18.4 Å². The second-order valence-electron chi connectivity index (χ2n) is 26.7. The van der Waals surface area contributed by atoms with Crippen molar-refractivity contribution >= 4 is 13.7 Å². The summed E-state index contributed by atoms with van der Waals surface area (Å²) in [6.07, 6.45) is 89.6. The summed E-state index contributed by atoms with van der Waals surface area (Å²) in [5, 5.41) is 14.0. The number of aliphatic hydroxyl groups excluding tert-OH is 1. The van der Waals surface area contributed by atoms with E-state index in [0.29, 0.717) is 17.4 Å². The van der Waals surface area contributed by atoms with E-state index in [1.54, 1.807) is 6.08 Å². The van der Waals surface area contributed by atoms with Crippen molar-refractivity contribution in [1.29, 1.82) is 0 Å². The van der Waals surface area contributed by atoms with E-state index in [1.807, 2.05) is 27.2 Å². The van der Waals surface area contributed by atoms with Gasteiger partial charge in [0.2, 0.25) is 5.91 Å². The maximum atomic E-state index is 13.0. The maximum absolute atomic E-state index is 13.0. The normalized spacial score (nSPS) is 13.8. The molecule has 3 unspecified atom stereocenters. The molecule has 3 atom stereocenters. The fourth-order valence-electron chi connectivity index (χ4n) is 11.3. The summed E-state index contributed by atoms with van der Waals surface area (Å²) in [6.45, 7) is 4.69. The van der Waals surface area contributed by atoms with E-state index < -0.39 is 20.0 Å². The molecule has 84 heavy (non-hydrogen) atoms. The van der Waals surface area contributed by atoms with Gasteiger partial charge < -0.3 is 28.8 Å². The Morgan fingerprint density at radius 1 is 0.417 bits per heavy atom. The molecule has 0 fully saturated rings. The molecule has 0 bridgehead atoms. The SMILES string of the molecule is CCCCCCC/C=C\C/C=C\C/C=C\CCCCCCCCCCCCCCCCCCCCCCCCCCC(=O)NC(COP(=O)([O-])OCC[N+](C)(C)C)C(O)/C=C/CCCCCCCCCCCCCCCCCCCCCCC. The summed E-state index contributed by atoms with van der Waals surface area (Å²) in [5.74, 6) is -0.190. The second-order valence-corrected chi connectivity index (χ2v) is 28.1. The highest BCUT2D eigenvalue weighted by Crippen LogP contribution is 2.38. The maximum Gasteiger partial charge on any atom is 0.268 e. The van der Waals surface area contributed by atoms with Crippen LogP contribution in [0.25, 0.3) is 0 Å². The van der Waals surface area contributed by atoms with E-state index in [2.05, 4.69) is 55.6 Å². The van der Waals surface area contributed by atoms with Crippen LogP contribution in [0.5, 0.6) is 0 Å². The van der Waals surface area contributed by atoms with Crippen LogP contribution in [0.4, 0.5) is 0 Å². The number of hydrogen-bond donors (Lipinski definition) is 2. The van der Waals surface area contributed by atoms with E-state index in [4.69, 9.17) is 9.05 Å². The molecule has 0 aromatic carbocycles. The second kappa shape index (κ2) is 65.9. The van der Waals surface area contributed by atoms with Crippen LogP contribution < -0.4 is 10.2 Å². The van der Waals surface area contributed by atoms with Gasteiger partial charge in [-0.2, -0.15) is 0 Å². The van der Waals surface area contributed by atoms with Gasteiger partial charge in [0.05, 0.1) is 39.9 Å². The van der Waals surface area contributed by atoms with Crippen molar-refractivity contribution < 1.29 is 32.9 Å². The summed E-state index contributed by atoms with van der Waals surface area (Å²) in [4.78, 5) is 25.6. The third kappa shape index (κ3) is 68.0. The first-order valence-corrected chi connectivity index (χ1v) is 38.5. The van der Waals surface area contributed by atoms with Crippen LogP contribution in [-0.4, -0.2) is 68.5 Å². The largest absolute Gasteiger partial charge is 0.756 e. The molecular weight excluding hydrogens is 1060 g/mol. The van der Waals surface area contributed by atoms with E-state index in [0.717, 1.165) is 51.4 Å². The van der Waals surface area contributed by atoms with E-state index in [9.17, 15) is 19.4 Å². The Bertz CT molecular complexity index is 1510. The quantitative estimate of drug-likeness (QED) is 0.0272. The lowest BCUT2D eigenvalue weighted by atomic mass is 10.0. The zero-order chi connectivity index (χ0) is 61.2. The van der Waals surface area contributed by atoms with E-state index >= 15 is 0 Å². The molecule has 0 rings (SSSR count). The van der Waals surface area contributed by atoms with Crippen molar-refractivity contribution in [2.75, 3.05) is 40.9 Å². The first-order valence-electron chi connectivity index (χ1n) is 37.0. The number of rotatable bonds is 69. The van der Waals surface area contributed by atoms with Crippen LogP contribution >= 0.6 is 7.82 Å². The summed E-state index contributed by atoms with van der Waals surface area (Å²) in [5.41, 5.74) is 0. The van der Waals surface area contributed by atoms with Crippen molar-refractivity contribution in [3.8, 4) is 0 Å². The monoisotopic (exact) mass is 1200 g/mol. The number of aliphatic hydroxyl groups is 1. The highest BCUT2D eigenvalue weighted by atomic mass is 31.2. The molecule has 0 saturated carbocycles. The van der Waals surface area contributed by atoms with Gasteiger partial charge in [-0.15, -0.1) is 0 Å². The van der Waals surface area contributed by atoms with Crippen LogP contribution in [0, 0.1) is 0 Å². The third-order valence-corrected chi connectivity index (χ3v) is 18.0. The van der Waals surface area contributed by atoms with Gasteiger partial charge in [-0.05, 0) is 57.8 Å². The third-order valence-electron chi connectivity index (χ3n) is 17.0. The Morgan fingerprint density at radius 3 is 1.00 bits per heavy atom. The van der Waals surface area contributed by atoms with Crippen LogP contribution in [0.2, 0.25) is 0 Å². The number of quaternary nitrogens is 1. The number of phosphoric acid groups is 1. The van der Waals surface area contributed by atoms with E-state index in [1.165, 1.54) is 302 Å². The van der Waals surface area contributed by atoms with Gasteiger partial charge >= 0.3 is 0 Å². The molecule has 0 aliphatic rings. The zero-order valence-corrected chi connectivity index (χ0v) is 57.8. The number of carbonyl (C=O) groups excluding carboxylic acids is 1. The summed E-state index contributed by atoms with van der Waals surface area (Å²) in [6, 6.07) is -0.887. The number of likely N-dealkylation sites (N-methyl/N-ethyl adjacent to an activating group) is 1. The number of hydrogen-bond acceptors (Lipinski definition) is 6. The molecule has 9 heteroatoms. The van der Waals surface area contributed by atoms with E-state index in [-0.39, 0.29) is 19.1 Å². The van der Waals surface area contributed by atoms with Crippen LogP contribution in [0.3, 0.4) is 0 Å². The molecule has 496 valence electrons. The van der Waals surface area contributed by atoms with Crippen molar-refractivity contribution in [2.24, 2.45) is 0 Å². The number of unbranched alkanes of at least 4 members (excludes halogenated alkanes) is 50. The fourth-order valence-corrected chi connectivity index (χ4v) is 12.0. The number of carbonyl (C=O) groups is 1. The average molecular weight is 1200 g/mol. The van der Waals surface area contributed by atoms with Gasteiger partial charge in [-0.25, -0.2) is 0 Å². The Balaban J connectivity index is 3.95. The van der Waals surface area contributed by atoms with Gasteiger partial charge in [0.15, 0.2) is 0 Å². The molecule has 8 nitrogen and oxygen atoms in total. The minimum absolute atomic E-state index is 0.000984. The molecule has 0 heterocycles. The fraction of sp³-hybridized carbons (Fsp3) is 0.880. The molecule has 0 radical (unpaired) electrons. The molecule has 0 spiro atoms. The number of allylic oxidation sites excluding steroid dienone is 7. The minimum Gasteiger partial charge on any atom is -0.756 e. The minimum atomic E-state index is -4.60. The topological polar surface area (TPSA) is 108 Å². The average Bonchev–Trinajstić information content (AvgIpc) is 3.56. The lowest BCUT2D eigenvalue weighted by Crippen LogP contribution is -2.45. The molecule has 0 aromatic rings. The molecule has 0 aliphatic carbocycles. The number of phosphoric ester groups is 1. The Morgan fingerprint density at radius 2 is 0.690 bits per heavy atom. The van der Waals surface area contributed by atoms with Crippen molar-refractivity contribution in [3.05, 3.63) is 48.6 Å². The lowest BCUT2D eigenvalue weighted by molar-refractivity contribution is -0.870. The standard InChI is InChI=1S/C75H145N2O6P/c1-6-8-10-12-14-16-18-20-22-24-26-28-30-31-32-33-34-35-36-37-38-39-40-41-42-43-44-45-47-49-51-53-55-57-59-61-63-65-67-69-75(79)76-73(72-83-84(80,81)82-71-70-77(3,4)5)74(78)68-66-64-62-60-58-56-54-52-50-48-46-29-27-25-23-21-19-17-15-13-11-9-7-2/h18,20,24,26,30-31,66,68,73-74,78H,6-17,19,21-23,25,27-29,32-65,67,69-72H2,1-5H3,(H-,76,79,80,81)/b20-18-,26-24-,31-30-,68-66+. The van der Waals surface area contributed by atoms with Crippen LogP contribution in [0.15, 0.2) is 48.6 Å². The number of amides is 1. The molecule has 1 amide bonds. The van der Waals surface area contributed by atoms with Crippen molar-refractivity contribution in [3.63, 3.8) is 0 Å². The number of nitrogens with zero attached hydrogens (tertiary/aromatic N) is 1. The highest BCUT2D eigenvalue weighted by molar-refractivity contribution is 7.45. The lowest BCUT2D eigenvalue weighted by Gasteiger charge is -2.29. The van der Waals surface area contributed by atoms with Gasteiger partial charge in [0, 0.05) is 6.42 Å². The first kappa shape index (κ1) is 82.5.